The van der Waals surface area contributed by atoms with Crippen LogP contribution in [0.1, 0.15) is 23.5 Å². The average molecular weight is 383 g/mol. The molecule has 6 heteroatoms. The van der Waals surface area contributed by atoms with Gasteiger partial charge in [-0.2, -0.15) is 0 Å². The van der Waals surface area contributed by atoms with Gasteiger partial charge in [0, 0.05) is 26.1 Å². The van der Waals surface area contributed by atoms with E-state index in [1.807, 2.05) is 24.3 Å². The molecular weight excluding hydrogens is 358 g/mol. The van der Waals surface area contributed by atoms with Gasteiger partial charge in [-0.1, -0.05) is 48.5 Å². The summed E-state index contributed by atoms with van der Waals surface area (Å²) in [5.41, 5.74) is 4.69. The predicted octanol–water partition coefficient (Wildman–Crippen LogP) is 3.45. The number of carbonyl (C=O) groups is 2. The predicted molar refractivity (Wildman–Crippen MR) is 105 cm³/mol. The number of rotatable bonds is 8. The van der Waals surface area contributed by atoms with Gasteiger partial charge in [-0.05, 0) is 22.3 Å². The van der Waals surface area contributed by atoms with E-state index >= 15 is 0 Å². The van der Waals surface area contributed by atoms with E-state index in [1.165, 1.54) is 23.1 Å². The largest absolute Gasteiger partial charge is 0.469 e. The third-order valence-electron chi connectivity index (χ3n) is 4.97. The third-order valence-corrected chi connectivity index (χ3v) is 4.97. The van der Waals surface area contributed by atoms with Crippen LogP contribution in [0, 0.1) is 0 Å². The van der Waals surface area contributed by atoms with Crippen molar-refractivity contribution in [1.29, 1.82) is 0 Å². The molecule has 28 heavy (non-hydrogen) atoms. The van der Waals surface area contributed by atoms with E-state index in [1.54, 1.807) is 7.11 Å². The van der Waals surface area contributed by atoms with Crippen LogP contribution >= 0.6 is 0 Å². The molecule has 1 aliphatic carbocycles. The molecule has 2 aromatic carbocycles. The highest BCUT2D eigenvalue weighted by Gasteiger charge is 2.29. The molecule has 0 heterocycles. The number of esters is 1. The summed E-state index contributed by atoms with van der Waals surface area (Å²) in [6, 6.07) is 16.4. The molecule has 0 radical (unpaired) electrons. The zero-order valence-corrected chi connectivity index (χ0v) is 16.2. The number of ether oxygens (including phenoxy) is 3. The number of methoxy groups -OCH3 is 2. The van der Waals surface area contributed by atoms with Crippen molar-refractivity contribution in [3.63, 3.8) is 0 Å². The molecule has 0 aromatic heterocycles. The van der Waals surface area contributed by atoms with Crippen molar-refractivity contribution < 1.29 is 23.8 Å². The highest BCUT2D eigenvalue weighted by Crippen LogP contribution is 2.44. The molecule has 1 aliphatic rings. The SMILES string of the molecule is COCCN(CCC(=O)OC)C(=O)OCC1c2ccccc2-c2ccccc21. The lowest BCUT2D eigenvalue weighted by atomic mass is 9.98. The summed E-state index contributed by atoms with van der Waals surface area (Å²) in [6.07, 6.45) is -0.340. The van der Waals surface area contributed by atoms with Crippen molar-refractivity contribution in [2.75, 3.05) is 40.5 Å². The van der Waals surface area contributed by atoms with Crippen LogP contribution in [-0.4, -0.2) is 57.5 Å². The Morgan fingerprint density at radius 3 is 2.11 bits per heavy atom. The summed E-state index contributed by atoms with van der Waals surface area (Å²) >= 11 is 0. The van der Waals surface area contributed by atoms with Crippen LogP contribution in [0.3, 0.4) is 0 Å². The Morgan fingerprint density at radius 1 is 0.929 bits per heavy atom. The molecule has 0 N–H and O–H groups in total. The third kappa shape index (κ3) is 4.34. The minimum absolute atomic E-state index is 0.00114. The van der Waals surface area contributed by atoms with Gasteiger partial charge >= 0.3 is 12.1 Å². The number of carbonyl (C=O) groups excluding carboxylic acids is 2. The molecule has 0 saturated carbocycles. The first kappa shape index (κ1) is 19.9. The van der Waals surface area contributed by atoms with Gasteiger partial charge in [0.25, 0.3) is 0 Å². The number of benzene rings is 2. The van der Waals surface area contributed by atoms with Crippen molar-refractivity contribution in [3.8, 4) is 11.1 Å². The zero-order valence-electron chi connectivity index (χ0n) is 16.2. The Morgan fingerprint density at radius 2 is 1.54 bits per heavy atom. The molecule has 6 nitrogen and oxygen atoms in total. The Bertz CT molecular complexity index is 790. The van der Waals surface area contributed by atoms with E-state index in [9.17, 15) is 9.59 Å². The van der Waals surface area contributed by atoms with Crippen LogP contribution in [0.5, 0.6) is 0 Å². The first-order valence-electron chi connectivity index (χ1n) is 9.31. The van der Waals surface area contributed by atoms with Gasteiger partial charge in [-0.15, -0.1) is 0 Å². The average Bonchev–Trinajstić information content (AvgIpc) is 3.05. The lowest BCUT2D eigenvalue weighted by Gasteiger charge is -2.23. The molecule has 0 bridgehead atoms. The number of nitrogens with zero attached hydrogens (tertiary/aromatic N) is 1. The zero-order chi connectivity index (χ0) is 19.9. The van der Waals surface area contributed by atoms with Crippen molar-refractivity contribution in [2.24, 2.45) is 0 Å². The second kappa shape index (κ2) is 9.37. The van der Waals surface area contributed by atoms with E-state index in [0.29, 0.717) is 13.2 Å². The van der Waals surface area contributed by atoms with Gasteiger partial charge in [0.1, 0.15) is 6.61 Å². The fourth-order valence-corrected chi connectivity index (χ4v) is 3.51. The van der Waals surface area contributed by atoms with E-state index in [2.05, 4.69) is 29.0 Å². The van der Waals surface area contributed by atoms with Gasteiger partial charge in [-0.3, -0.25) is 4.79 Å². The molecule has 0 aliphatic heterocycles. The minimum Gasteiger partial charge on any atom is -0.469 e. The van der Waals surface area contributed by atoms with Crippen LogP contribution in [0.25, 0.3) is 11.1 Å². The molecule has 148 valence electrons. The maximum absolute atomic E-state index is 12.6. The van der Waals surface area contributed by atoms with Crippen LogP contribution in [0.2, 0.25) is 0 Å². The Hall–Kier alpha value is -2.86. The van der Waals surface area contributed by atoms with Crippen LogP contribution in [0.15, 0.2) is 48.5 Å². The van der Waals surface area contributed by atoms with Crippen LogP contribution < -0.4 is 0 Å². The highest BCUT2D eigenvalue weighted by molar-refractivity contribution is 5.79. The first-order valence-corrected chi connectivity index (χ1v) is 9.31. The van der Waals surface area contributed by atoms with Gasteiger partial charge in [0.15, 0.2) is 0 Å². The summed E-state index contributed by atoms with van der Waals surface area (Å²) in [5, 5.41) is 0. The topological polar surface area (TPSA) is 65.1 Å². The summed E-state index contributed by atoms with van der Waals surface area (Å²) in [5.74, 6) is -0.366. The first-order chi connectivity index (χ1) is 13.7. The molecule has 1 amide bonds. The monoisotopic (exact) mass is 383 g/mol. The molecule has 0 spiro atoms. The van der Waals surface area contributed by atoms with E-state index in [-0.39, 0.29) is 31.5 Å². The van der Waals surface area contributed by atoms with Gasteiger partial charge in [0.2, 0.25) is 0 Å². The summed E-state index contributed by atoms with van der Waals surface area (Å²) in [6.45, 7) is 1.19. The quantitative estimate of drug-likeness (QED) is 0.654. The summed E-state index contributed by atoms with van der Waals surface area (Å²) < 4.78 is 15.4. The van der Waals surface area contributed by atoms with Crippen molar-refractivity contribution >= 4 is 12.1 Å². The fraction of sp³-hybridized carbons (Fsp3) is 0.364. The lowest BCUT2D eigenvalue weighted by molar-refractivity contribution is -0.140. The molecule has 3 rings (SSSR count). The Balaban J connectivity index is 1.69. The second-order valence-electron chi connectivity index (χ2n) is 6.61. The minimum atomic E-state index is -0.456. The molecular formula is C22H25NO5. The number of amides is 1. The lowest BCUT2D eigenvalue weighted by Crippen LogP contribution is -2.36. The van der Waals surface area contributed by atoms with Gasteiger partial charge in [-0.25, -0.2) is 4.79 Å². The van der Waals surface area contributed by atoms with Gasteiger partial charge in [0.05, 0.1) is 20.1 Å². The number of hydrogen-bond acceptors (Lipinski definition) is 5. The summed E-state index contributed by atoms with van der Waals surface area (Å²) in [4.78, 5) is 25.5. The van der Waals surface area contributed by atoms with E-state index < -0.39 is 6.09 Å². The normalized spacial score (nSPS) is 12.2. The van der Waals surface area contributed by atoms with Gasteiger partial charge < -0.3 is 19.1 Å². The smallest absolute Gasteiger partial charge is 0.409 e. The number of hydrogen-bond donors (Lipinski definition) is 0. The van der Waals surface area contributed by atoms with Crippen molar-refractivity contribution in [1.82, 2.24) is 4.90 Å². The summed E-state index contributed by atoms with van der Waals surface area (Å²) in [7, 11) is 2.89. The standard InChI is InChI=1S/C22H25NO5/c1-26-14-13-23(12-11-21(24)27-2)22(25)28-15-20-18-9-5-3-7-16(18)17-8-4-6-10-19(17)20/h3-10,20H,11-15H2,1-2H3. The maximum atomic E-state index is 12.6. The molecule has 2 aromatic rings. The Labute approximate surface area is 165 Å². The Kier molecular flexibility index (Phi) is 6.66. The fourth-order valence-electron chi connectivity index (χ4n) is 3.51. The van der Waals surface area contributed by atoms with Crippen LogP contribution in [-0.2, 0) is 19.0 Å². The van der Waals surface area contributed by atoms with Crippen molar-refractivity contribution in [2.45, 2.75) is 12.3 Å². The highest BCUT2D eigenvalue weighted by atomic mass is 16.6. The van der Waals surface area contributed by atoms with E-state index in [4.69, 9.17) is 9.47 Å². The van der Waals surface area contributed by atoms with Crippen molar-refractivity contribution in [3.05, 3.63) is 59.7 Å². The van der Waals surface area contributed by atoms with E-state index in [0.717, 1.165) is 11.1 Å². The van der Waals surface area contributed by atoms with Crippen LogP contribution in [0.4, 0.5) is 4.79 Å². The molecule has 0 fully saturated rings. The molecule has 0 saturated heterocycles. The maximum Gasteiger partial charge on any atom is 0.409 e. The molecule has 0 unspecified atom stereocenters. The number of fused-ring (bicyclic) bond motifs is 3. The molecule has 0 atom stereocenters. The second-order valence-corrected chi connectivity index (χ2v) is 6.61.